The maximum atomic E-state index is 9.13. The lowest BCUT2D eigenvalue weighted by Gasteiger charge is -2.36. The number of H-pyrrole nitrogens is 1. The standard InChI is InChI=1S/C21H28N6O2/c1-21(4-5-21)29-15-2-3-17-16(12-15)20(25-24-17)18-13-19(23-14-22-18)27-8-6-26(7-9-27)10-11-28/h2-3,12-13,22,28H,4-11,14H2,1H3,(H,24,25). The van der Waals surface area contributed by atoms with E-state index >= 15 is 0 Å². The van der Waals surface area contributed by atoms with E-state index in [1.54, 1.807) is 0 Å². The molecule has 5 rings (SSSR count). The molecule has 29 heavy (non-hydrogen) atoms. The highest BCUT2D eigenvalue weighted by atomic mass is 16.5. The molecular formula is C21H28N6O2. The second-order valence-electron chi connectivity index (χ2n) is 8.29. The first-order chi connectivity index (χ1) is 14.1. The van der Waals surface area contributed by atoms with E-state index in [2.05, 4.69) is 49.4 Å². The molecule has 1 aromatic heterocycles. The van der Waals surface area contributed by atoms with Crippen LogP contribution in [0, 0.1) is 0 Å². The van der Waals surface area contributed by atoms with Gasteiger partial charge in [0.25, 0.3) is 0 Å². The topological polar surface area (TPSA) is 89.0 Å². The lowest BCUT2D eigenvalue weighted by Crippen LogP contribution is -2.49. The van der Waals surface area contributed by atoms with Crippen molar-refractivity contribution in [1.82, 2.24) is 25.3 Å². The summed E-state index contributed by atoms with van der Waals surface area (Å²) in [6.45, 7) is 7.38. The van der Waals surface area contributed by atoms with Gasteiger partial charge in [-0.15, -0.1) is 0 Å². The normalized spacial score (nSPS) is 21.5. The Kier molecular flexibility index (Phi) is 4.67. The highest BCUT2D eigenvalue weighted by Gasteiger charge is 2.40. The number of amidine groups is 1. The number of benzene rings is 1. The van der Waals surface area contributed by atoms with Crippen molar-refractivity contribution in [2.75, 3.05) is 46.0 Å². The molecule has 0 bridgehead atoms. The number of ether oxygens (including phenoxy) is 1. The van der Waals surface area contributed by atoms with Gasteiger partial charge in [0.2, 0.25) is 0 Å². The minimum Gasteiger partial charge on any atom is -0.488 e. The first-order valence-corrected chi connectivity index (χ1v) is 10.4. The van der Waals surface area contributed by atoms with E-state index in [-0.39, 0.29) is 12.2 Å². The number of aromatic amines is 1. The predicted molar refractivity (Wildman–Crippen MR) is 113 cm³/mol. The first-order valence-electron chi connectivity index (χ1n) is 10.4. The summed E-state index contributed by atoms with van der Waals surface area (Å²) in [4.78, 5) is 9.26. The summed E-state index contributed by atoms with van der Waals surface area (Å²) in [5.41, 5.74) is 2.88. The third kappa shape index (κ3) is 3.82. The van der Waals surface area contributed by atoms with Gasteiger partial charge < -0.3 is 20.1 Å². The third-order valence-corrected chi connectivity index (χ3v) is 6.00. The number of aliphatic hydroxyl groups is 1. The van der Waals surface area contributed by atoms with E-state index in [1.165, 1.54) is 0 Å². The Balaban J connectivity index is 1.37. The molecule has 3 aliphatic rings. The second kappa shape index (κ2) is 7.35. The summed E-state index contributed by atoms with van der Waals surface area (Å²) in [6, 6.07) is 6.13. The van der Waals surface area contributed by atoms with Crippen molar-refractivity contribution in [2.45, 2.75) is 25.4 Å². The number of aliphatic imine (C=N–C) groups is 1. The van der Waals surface area contributed by atoms with E-state index in [9.17, 15) is 0 Å². The van der Waals surface area contributed by atoms with Crippen molar-refractivity contribution in [3.63, 3.8) is 0 Å². The number of fused-ring (bicyclic) bond motifs is 1. The van der Waals surface area contributed by atoms with Crippen LogP contribution in [0.25, 0.3) is 16.6 Å². The lowest BCUT2D eigenvalue weighted by atomic mass is 10.1. The Morgan fingerprint density at radius 2 is 2.03 bits per heavy atom. The van der Waals surface area contributed by atoms with E-state index in [0.717, 1.165) is 79.4 Å². The van der Waals surface area contributed by atoms with Crippen LogP contribution in [0.3, 0.4) is 0 Å². The van der Waals surface area contributed by atoms with Crippen molar-refractivity contribution in [1.29, 1.82) is 0 Å². The highest BCUT2D eigenvalue weighted by Crippen LogP contribution is 2.40. The molecule has 0 amide bonds. The van der Waals surface area contributed by atoms with Gasteiger partial charge in [-0.25, -0.2) is 4.99 Å². The van der Waals surface area contributed by atoms with Gasteiger partial charge in [-0.3, -0.25) is 10.00 Å². The Labute approximate surface area is 170 Å². The monoisotopic (exact) mass is 396 g/mol. The third-order valence-electron chi connectivity index (χ3n) is 6.00. The molecule has 154 valence electrons. The molecule has 0 atom stereocenters. The van der Waals surface area contributed by atoms with Gasteiger partial charge in [-0.05, 0) is 38.0 Å². The summed E-state index contributed by atoms with van der Waals surface area (Å²) < 4.78 is 6.14. The molecule has 8 nitrogen and oxygen atoms in total. The largest absolute Gasteiger partial charge is 0.488 e. The van der Waals surface area contributed by atoms with Crippen LogP contribution < -0.4 is 10.1 Å². The van der Waals surface area contributed by atoms with Crippen LogP contribution in [-0.2, 0) is 0 Å². The molecule has 0 radical (unpaired) electrons. The van der Waals surface area contributed by atoms with Crippen LogP contribution in [0.15, 0.2) is 29.3 Å². The molecule has 1 aliphatic carbocycles. The Morgan fingerprint density at radius 3 is 2.79 bits per heavy atom. The number of piperazine rings is 1. The average molecular weight is 396 g/mol. The number of β-amino-alcohol motifs (C(OH)–C–C–N with tert-alkyl or cyclic N) is 1. The van der Waals surface area contributed by atoms with Gasteiger partial charge in [0.05, 0.1) is 17.8 Å². The zero-order valence-corrected chi connectivity index (χ0v) is 16.8. The van der Waals surface area contributed by atoms with E-state index in [4.69, 9.17) is 9.84 Å². The van der Waals surface area contributed by atoms with Crippen molar-refractivity contribution in [3.8, 4) is 5.75 Å². The van der Waals surface area contributed by atoms with E-state index in [1.807, 2.05) is 12.1 Å². The smallest absolute Gasteiger partial charge is 0.127 e. The maximum absolute atomic E-state index is 9.13. The summed E-state index contributed by atoms with van der Waals surface area (Å²) in [7, 11) is 0. The van der Waals surface area contributed by atoms with E-state index in [0.29, 0.717) is 6.67 Å². The molecule has 1 saturated carbocycles. The number of nitrogens with one attached hydrogen (secondary N) is 2. The van der Waals surface area contributed by atoms with Gasteiger partial charge >= 0.3 is 0 Å². The zero-order valence-electron chi connectivity index (χ0n) is 16.8. The lowest BCUT2D eigenvalue weighted by molar-refractivity contribution is 0.147. The van der Waals surface area contributed by atoms with Crippen LogP contribution in [0.4, 0.5) is 0 Å². The molecular weight excluding hydrogens is 368 g/mol. The van der Waals surface area contributed by atoms with Crippen LogP contribution in [0.2, 0.25) is 0 Å². The molecule has 2 fully saturated rings. The van der Waals surface area contributed by atoms with Gasteiger partial charge in [0.15, 0.2) is 0 Å². The fraction of sp³-hybridized carbons (Fsp3) is 0.524. The molecule has 1 saturated heterocycles. The molecule has 3 N–H and O–H groups in total. The summed E-state index contributed by atoms with van der Waals surface area (Å²) in [6.07, 6.45) is 4.32. The minimum absolute atomic E-state index is 0.00205. The highest BCUT2D eigenvalue weighted by molar-refractivity contribution is 6.02. The molecule has 0 unspecified atom stereocenters. The minimum atomic E-state index is -0.00205. The van der Waals surface area contributed by atoms with Crippen LogP contribution in [0.1, 0.15) is 25.5 Å². The van der Waals surface area contributed by atoms with Crippen molar-refractivity contribution in [2.24, 2.45) is 4.99 Å². The molecule has 2 aliphatic heterocycles. The Hall–Kier alpha value is -2.58. The fourth-order valence-corrected chi connectivity index (χ4v) is 3.94. The summed E-state index contributed by atoms with van der Waals surface area (Å²) >= 11 is 0. The number of hydrogen-bond donors (Lipinski definition) is 3. The quantitative estimate of drug-likeness (QED) is 0.708. The van der Waals surface area contributed by atoms with Crippen molar-refractivity contribution in [3.05, 3.63) is 30.0 Å². The molecule has 8 heteroatoms. The molecule has 1 aromatic carbocycles. The number of aliphatic hydroxyl groups excluding tert-OH is 1. The van der Waals surface area contributed by atoms with Crippen molar-refractivity contribution < 1.29 is 9.84 Å². The van der Waals surface area contributed by atoms with Gasteiger partial charge in [0.1, 0.15) is 29.5 Å². The fourth-order valence-electron chi connectivity index (χ4n) is 3.94. The van der Waals surface area contributed by atoms with Gasteiger partial charge in [-0.1, -0.05) is 0 Å². The SMILES string of the molecule is CC1(Oc2ccc3[nH]nc(C4=CC(N5CCN(CCO)CC5)=NCN4)c3c2)CC1. The van der Waals surface area contributed by atoms with Crippen LogP contribution in [-0.4, -0.2) is 82.5 Å². The summed E-state index contributed by atoms with van der Waals surface area (Å²) in [5.74, 6) is 1.89. The van der Waals surface area contributed by atoms with Gasteiger partial charge in [-0.2, -0.15) is 5.10 Å². The van der Waals surface area contributed by atoms with E-state index < -0.39 is 0 Å². The Morgan fingerprint density at radius 1 is 1.21 bits per heavy atom. The number of hydrogen-bond acceptors (Lipinski definition) is 7. The molecule has 3 heterocycles. The van der Waals surface area contributed by atoms with Crippen LogP contribution >= 0.6 is 0 Å². The summed E-state index contributed by atoms with van der Waals surface area (Å²) in [5, 5.41) is 21.3. The number of aromatic nitrogens is 2. The molecule has 2 aromatic rings. The average Bonchev–Trinajstić information content (AvgIpc) is 3.31. The number of nitrogens with zero attached hydrogens (tertiary/aromatic N) is 4. The zero-order chi connectivity index (χ0) is 19.8. The Bertz CT molecular complexity index is 953. The first kappa shape index (κ1) is 18.4. The predicted octanol–water partition coefficient (Wildman–Crippen LogP) is 1.40. The van der Waals surface area contributed by atoms with Crippen LogP contribution in [0.5, 0.6) is 5.75 Å². The van der Waals surface area contributed by atoms with Gasteiger partial charge in [0, 0.05) is 44.2 Å². The number of rotatable bonds is 5. The maximum Gasteiger partial charge on any atom is 0.127 e. The van der Waals surface area contributed by atoms with Crippen molar-refractivity contribution >= 4 is 22.4 Å². The second-order valence-corrected chi connectivity index (χ2v) is 8.29. The molecule has 0 spiro atoms.